The molecule has 10 heteroatoms. The molecule has 1 aromatic carbocycles. The molecule has 0 spiro atoms. The van der Waals surface area contributed by atoms with E-state index in [4.69, 9.17) is 5.73 Å². The molecule has 3 N–H and O–H groups in total. The van der Waals surface area contributed by atoms with E-state index in [1.54, 1.807) is 6.92 Å². The number of nitrogen functional groups attached to an aromatic ring is 1. The highest BCUT2D eigenvalue weighted by Gasteiger charge is 2.65. The van der Waals surface area contributed by atoms with Crippen LogP contribution in [0.15, 0.2) is 35.2 Å². The number of hydrogen-bond donors (Lipinski definition) is 2. The summed E-state index contributed by atoms with van der Waals surface area (Å²) in [6.07, 6.45) is 0. The highest BCUT2D eigenvalue weighted by molar-refractivity contribution is 8.45. The molecule has 21 heavy (non-hydrogen) atoms. The lowest BCUT2D eigenvalue weighted by Crippen LogP contribution is -2.07. The molecule has 0 aliphatic heterocycles. The van der Waals surface area contributed by atoms with Crippen molar-refractivity contribution >= 4 is 27.7 Å². The third-order valence-electron chi connectivity index (χ3n) is 2.42. The zero-order chi connectivity index (χ0) is 16.0. The molecule has 0 atom stereocenters. The van der Waals surface area contributed by atoms with Gasteiger partial charge in [0, 0.05) is 17.4 Å². The predicted molar refractivity (Wildman–Crippen MR) is 72.3 cm³/mol. The van der Waals surface area contributed by atoms with Crippen molar-refractivity contribution in [2.75, 3.05) is 11.1 Å². The number of halogens is 5. The first-order valence-electron chi connectivity index (χ1n) is 5.56. The molecule has 0 radical (unpaired) electrons. The second-order valence-corrected chi connectivity index (χ2v) is 6.78. The first-order valence-corrected chi connectivity index (χ1v) is 7.51. The number of hydrogen-bond acceptors (Lipinski definition) is 4. The average Bonchev–Trinajstić information content (AvgIpc) is 2.24. The SMILES string of the molecule is Cc1cc(Nc2cccc(S(F)(F)(F)(F)F)c2)nc(N)n1. The summed E-state index contributed by atoms with van der Waals surface area (Å²) in [5, 5.41) is 2.49. The average molecular weight is 326 g/mol. The van der Waals surface area contributed by atoms with E-state index >= 15 is 0 Å². The molecular formula is C11H11F5N4S. The van der Waals surface area contributed by atoms with E-state index in [9.17, 15) is 19.4 Å². The van der Waals surface area contributed by atoms with Crippen molar-refractivity contribution in [1.29, 1.82) is 0 Å². The molecule has 0 aliphatic carbocycles. The Morgan fingerprint density at radius 3 is 2.29 bits per heavy atom. The van der Waals surface area contributed by atoms with Crippen molar-refractivity contribution < 1.29 is 19.4 Å². The van der Waals surface area contributed by atoms with Crippen LogP contribution in [-0.2, 0) is 0 Å². The standard InChI is InChI=1S/C11H11F5N4S/c1-7-5-10(20-11(17)18-7)19-8-3-2-4-9(6-8)21(12,13,14,15)16/h2-6H,1H3,(H3,17,18,19,20). The van der Waals surface area contributed by atoms with Gasteiger partial charge in [0.05, 0.1) is 0 Å². The second kappa shape index (κ2) is 3.97. The Labute approximate surface area is 116 Å². The highest BCUT2D eigenvalue weighted by Crippen LogP contribution is 3.02. The van der Waals surface area contributed by atoms with E-state index in [0.29, 0.717) is 17.8 Å². The van der Waals surface area contributed by atoms with Crippen molar-refractivity contribution in [2.24, 2.45) is 0 Å². The molecule has 2 rings (SSSR count). The quantitative estimate of drug-likeness (QED) is 0.798. The minimum atomic E-state index is -9.71. The van der Waals surface area contributed by atoms with Gasteiger partial charge in [-0.15, -0.1) is 0 Å². The van der Waals surface area contributed by atoms with Gasteiger partial charge in [-0.05, 0) is 25.1 Å². The summed E-state index contributed by atoms with van der Waals surface area (Å²) in [5.74, 6) is 0.0284. The van der Waals surface area contributed by atoms with Crippen molar-refractivity contribution in [3.63, 3.8) is 0 Å². The number of nitrogens with two attached hydrogens (primary N) is 1. The summed E-state index contributed by atoms with van der Waals surface area (Å²) in [4.78, 5) is 5.57. The Hall–Kier alpha value is -2.10. The monoisotopic (exact) mass is 326 g/mol. The van der Waals surface area contributed by atoms with Gasteiger partial charge in [-0.2, -0.15) is 4.98 Å². The largest absolute Gasteiger partial charge is 0.368 e. The minimum Gasteiger partial charge on any atom is -0.368 e. The third-order valence-corrected chi connectivity index (χ3v) is 3.57. The molecule has 0 bridgehead atoms. The second-order valence-electron chi connectivity index (χ2n) is 4.37. The van der Waals surface area contributed by atoms with Crippen molar-refractivity contribution in [3.8, 4) is 0 Å². The summed E-state index contributed by atoms with van der Waals surface area (Å²) < 4.78 is 63.6. The van der Waals surface area contributed by atoms with Gasteiger partial charge in [-0.25, -0.2) is 4.98 Å². The number of nitrogens with zero attached hydrogens (tertiary/aromatic N) is 2. The minimum absolute atomic E-state index is 0.0821. The maximum Gasteiger partial charge on any atom is 0.310 e. The summed E-state index contributed by atoms with van der Waals surface area (Å²) in [5.41, 5.74) is 5.70. The number of anilines is 3. The lowest BCUT2D eigenvalue weighted by Gasteiger charge is -2.40. The van der Waals surface area contributed by atoms with Crippen molar-refractivity contribution in [3.05, 3.63) is 36.0 Å². The van der Waals surface area contributed by atoms with Gasteiger partial charge in [-0.3, -0.25) is 0 Å². The van der Waals surface area contributed by atoms with Crippen molar-refractivity contribution in [2.45, 2.75) is 11.8 Å². The maximum atomic E-state index is 12.7. The Balaban J connectivity index is 2.40. The van der Waals surface area contributed by atoms with E-state index in [1.165, 1.54) is 12.1 Å². The van der Waals surface area contributed by atoms with Crippen LogP contribution in [-0.4, -0.2) is 9.97 Å². The number of aromatic nitrogens is 2. The molecule has 0 saturated heterocycles. The summed E-state index contributed by atoms with van der Waals surface area (Å²) in [6, 6.07) is 4.16. The fraction of sp³-hybridized carbons (Fsp3) is 0.0909. The van der Waals surface area contributed by atoms with Crippen LogP contribution in [0.1, 0.15) is 5.69 Å². The molecule has 1 heterocycles. The zero-order valence-electron chi connectivity index (χ0n) is 10.7. The zero-order valence-corrected chi connectivity index (χ0v) is 11.5. The first-order chi connectivity index (χ1) is 9.33. The molecule has 116 valence electrons. The van der Waals surface area contributed by atoms with E-state index in [1.807, 2.05) is 0 Å². The van der Waals surface area contributed by atoms with E-state index in [0.717, 1.165) is 6.07 Å². The first kappa shape index (κ1) is 15.3. The van der Waals surface area contributed by atoms with Gasteiger partial charge in [0.15, 0.2) is 0 Å². The predicted octanol–water partition coefficient (Wildman–Crippen LogP) is 4.77. The van der Waals surface area contributed by atoms with Crippen LogP contribution in [0.3, 0.4) is 0 Å². The molecule has 0 fully saturated rings. The third kappa shape index (κ3) is 3.94. The normalized spacial score (nSPS) is 15.1. The molecule has 4 nitrogen and oxygen atoms in total. The van der Waals surface area contributed by atoms with Gasteiger partial charge in [0.2, 0.25) is 5.95 Å². The maximum absolute atomic E-state index is 12.7. The Morgan fingerprint density at radius 1 is 1.05 bits per heavy atom. The Bertz CT molecular complexity index is 681. The summed E-state index contributed by atoms with van der Waals surface area (Å²) >= 11 is 0. The van der Waals surface area contributed by atoms with Gasteiger partial charge in [-0.1, -0.05) is 25.5 Å². The van der Waals surface area contributed by atoms with Crippen LogP contribution in [0, 0.1) is 6.92 Å². The van der Waals surface area contributed by atoms with Crippen LogP contribution in [0.4, 0.5) is 36.9 Å². The molecule has 0 unspecified atom stereocenters. The summed E-state index contributed by atoms with van der Waals surface area (Å²) in [6.45, 7) is 1.61. The van der Waals surface area contributed by atoms with Crippen molar-refractivity contribution in [1.82, 2.24) is 9.97 Å². The van der Waals surface area contributed by atoms with E-state index < -0.39 is 15.1 Å². The molecule has 1 aromatic heterocycles. The Kier molecular flexibility index (Phi) is 2.89. The number of nitrogens with one attached hydrogen (secondary N) is 1. The van der Waals surface area contributed by atoms with Gasteiger partial charge in [0.1, 0.15) is 10.7 Å². The van der Waals surface area contributed by atoms with Crippen LogP contribution in [0.5, 0.6) is 0 Å². The lowest BCUT2D eigenvalue weighted by atomic mass is 10.3. The fourth-order valence-electron chi connectivity index (χ4n) is 1.62. The molecule has 2 aromatic rings. The topological polar surface area (TPSA) is 63.8 Å². The smallest absolute Gasteiger partial charge is 0.310 e. The van der Waals surface area contributed by atoms with Gasteiger partial charge >= 0.3 is 10.2 Å². The molecule has 0 aliphatic rings. The fourth-order valence-corrected chi connectivity index (χ4v) is 2.30. The van der Waals surface area contributed by atoms with Gasteiger partial charge in [0.25, 0.3) is 0 Å². The number of benzene rings is 1. The molecular weight excluding hydrogens is 315 g/mol. The van der Waals surface area contributed by atoms with Crippen LogP contribution < -0.4 is 11.1 Å². The van der Waals surface area contributed by atoms with Crippen LogP contribution >= 0.6 is 10.2 Å². The number of rotatable bonds is 3. The highest BCUT2D eigenvalue weighted by atomic mass is 32.5. The summed E-state index contributed by atoms with van der Waals surface area (Å²) in [7, 11) is -9.71. The van der Waals surface area contributed by atoms with Gasteiger partial charge < -0.3 is 11.1 Å². The van der Waals surface area contributed by atoms with Crippen LogP contribution in [0.2, 0.25) is 0 Å². The molecule has 0 saturated carbocycles. The van der Waals surface area contributed by atoms with E-state index in [2.05, 4.69) is 15.3 Å². The number of aryl methyl sites for hydroxylation is 1. The van der Waals surface area contributed by atoms with Crippen LogP contribution in [0.25, 0.3) is 0 Å². The van der Waals surface area contributed by atoms with E-state index in [-0.39, 0.29) is 17.5 Å². The Morgan fingerprint density at radius 2 is 1.71 bits per heavy atom. The molecule has 0 amide bonds. The lowest BCUT2D eigenvalue weighted by molar-refractivity contribution is 0.364.